The van der Waals surface area contributed by atoms with E-state index in [1.165, 1.54) is 0 Å². The summed E-state index contributed by atoms with van der Waals surface area (Å²) in [5.41, 5.74) is 8.97. The van der Waals surface area contributed by atoms with Gasteiger partial charge in [-0.05, 0) is 114 Å². The van der Waals surface area contributed by atoms with Crippen LogP contribution in [0.25, 0.3) is 0 Å². The SMILES string of the molecule is CCC(Oc1c2cc(C(C)(C)C)cc1Cc1cc(C(C)(C)C)cc(c1O)Cc1cc(C(C)(C)C)cc(c1OC(CC)C(=O)NCCCO)Cc1cc(C(C)(C)C)cc(c1O)C2)C(=O)NCCCO. The molecule has 0 aromatic heterocycles. The van der Waals surface area contributed by atoms with Gasteiger partial charge in [-0.15, -0.1) is 0 Å². The van der Waals surface area contributed by atoms with Crippen molar-refractivity contribution in [3.63, 3.8) is 0 Å². The van der Waals surface area contributed by atoms with Gasteiger partial charge in [0.25, 0.3) is 11.8 Å². The molecule has 1 aliphatic rings. The number of fused-ring (bicyclic) bond motifs is 8. The van der Waals surface area contributed by atoms with Crippen molar-refractivity contribution >= 4 is 11.8 Å². The molecule has 8 bridgehead atoms. The molecule has 10 heteroatoms. The van der Waals surface area contributed by atoms with Crippen LogP contribution in [0, 0.1) is 0 Å². The lowest BCUT2D eigenvalue weighted by Crippen LogP contribution is -2.39. The van der Waals surface area contributed by atoms with Gasteiger partial charge in [0.05, 0.1) is 0 Å². The van der Waals surface area contributed by atoms with E-state index in [2.05, 4.69) is 142 Å². The molecule has 2 unspecified atom stereocenters. The Morgan fingerprint density at radius 3 is 0.912 bits per heavy atom. The smallest absolute Gasteiger partial charge is 0.261 e. The minimum absolute atomic E-state index is 0.0435. The molecule has 4 aromatic carbocycles. The highest BCUT2D eigenvalue weighted by atomic mass is 16.5. The summed E-state index contributed by atoms with van der Waals surface area (Å²) in [7, 11) is 0. The molecule has 372 valence electrons. The number of aromatic hydroxyl groups is 2. The van der Waals surface area contributed by atoms with E-state index in [4.69, 9.17) is 9.47 Å². The zero-order valence-electron chi connectivity index (χ0n) is 43.7. The van der Waals surface area contributed by atoms with Gasteiger partial charge in [0.2, 0.25) is 0 Å². The summed E-state index contributed by atoms with van der Waals surface area (Å²) >= 11 is 0. The first kappa shape index (κ1) is 53.9. The average Bonchev–Trinajstić information content (AvgIpc) is 3.23. The number of phenols is 2. The van der Waals surface area contributed by atoms with Crippen LogP contribution in [0.4, 0.5) is 0 Å². The van der Waals surface area contributed by atoms with Crippen molar-refractivity contribution in [3.8, 4) is 23.0 Å². The Labute approximate surface area is 407 Å². The van der Waals surface area contributed by atoms with Gasteiger partial charge in [-0.3, -0.25) is 9.59 Å². The molecule has 2 amide bonds. The van der Waals surface area contributed by atoms with E-state index in [9.17, 15) is 30.0 Å². The van der Waals surface area contributed by atoms with Gasteiger partial charge in [0.1, 0.15) is 23.0 Å². The number of carbonyl (C=O) groups excluding carboxylic acids is 2. The number of aliphatic hydroxyl groups is 2. The average molecular weight is 935 g/mol. The summed E-state index contributed by atoms with van der Waals surface area (Å²) in [6, 6.07) is 16.9. The molecule has 2 atom stereocenters. The first-order valence-electron chi connectivity index (χ1n) is 24.8. The molecule has 0 spiro atoms. The molecule has 0 saturated heterocycles. The molecule has 0 aliphatic heterocycles. The van der Waals surface area contributed by atoms with Crippen LogP contribution in [0.15, 0.2) is 48.5 Å². The fourth-order valence-corrected chi connectivity index (χ4v) is 8.69. The van der Waals surface area contributed by atoms with E-state index in [0.29, 0.717) is 72.5 Å². The highest BCUT2D eigenvalue weighted by molar-refractivity contribution is 5.81. The Morgan fingerprint density at radius 1 is 0.471 bits per heavy atom. The van der Waals surface area contributed by atoms with Crippen LogP contribution in [0.1, 0.15) is 189 Å². The fourth-order valence-electron chi connectivity index (χ4n) is 8.69. The highest BCUT2D eigenvalue weighted by Crippen LogP contribution is 2.44. The highest BCUT2D eigenvalue weighted by Gasteiger charge is 2.31. The minimum Gasteiger partial charge on any atom is -0.507 e. The predicted octanol–water partition coefficient (Wildman–Crippen LogP) is 10.3. The van der Waals surface area contributed by atoms with Crippen LogP contribution >= 0.6 is 0 Å². The third-order valence-electron chi connectivity index (χ3n) is 13.1. The summed E-state index contributed by atoms with van der Waals surface area (Å²) in [5, 5.41) is 50.2. The molecule has 5 rings (SSSR count). The van der Waals surface area contributed by atoms with Gasteiger partial charge < -0.3 is 40.5 Å². The van der Waals surface area contributed by atoms with Gasteiger partial charge in [-0.1, -0.05) is 145 Å². The van der Waals surface area contributed by atoms with E-state index in [1.807, 2.05) is 13.8 Å². The maximum Gasteiger partial charge on any atom is 0.261 e. The second-order valence-corrected chi connectivity index (χ2v) is 23.0. The van der Waals surface area contributed by atoms with E-state index in [0.717, 1.165) is 44.5 Å². The molecular formula is C58H82N2O8. The van der Waals surface area contributed by atoms with Crippen LogP contribution in [0.2, 0.25) is 0 Å². The van der Waals surface area contributed by atoms with E-state index in [-0.39, 0.29) is 83.9 Å². The Hall–Kier alpha value is -5.06. The number of benzene rings is 4. The number of aliphatic hydroxyl groups excluding tert-OH is 2. The van der Waals surface area contributed by atoms with Crippen molar-refractivity contribution in [1.82, 2.24) is 10.6 Å². The van der Waals surface area contributed by atoms with Crippen molar-refractivity contribution in [2.75, 3.05) is 26.3 Å². The third-order valence-corrected chi connectivity index (χ3v) is 13.1. The summed E-state index contributed by atoms with van der Waals surface area (Å²) in [6.45, 7) is 30.3. The quantitative estimate of drug-likeness (QED) is 0.0601. The van der Waals surface area contributed by atoms with Crippen molar-refractivity contribution in [1.29, 1.82) is 0 Å². The molecule has 10 nitrogen and oxygen atoms in total. The first-order valence-corrected chi connectivity index (χ1v) is 24.8. The number of nitrogens with one attached hydrogen (secondary N) is 2. The fraction of sp³-hybridized carbons (Fsp3) is 0.552. The first-order chi connectivity index (χ1) is 31.7. The number of phenolic OH excluding ortho intramolecular Hbond substituents is 2. The zero-order valence-corrected chi connectivity index (χ0v) is 43.7. The van der Waals surface area contributed by atoms with Crippen molar-refractivity contribution < 1.29 is 39.5 Å². The number of ether oxygens (including phenoxy) is 2. The molecule has 6 N–H and O–H groups in total. The number of hydrogen-bond acceptors (Lipinski definition) is 8. The minimum atomic E-state index is -0.850. The number of amides is 2. The maximum absolute atomic E-state index is 13.8. The lowest BCUT2D eigenvalue weighted by molar-refractivity contribution is -0.128. The summed E-state index contributed by atoms with van der Waals surface area (Å²) in [5.74, 6) is 0.817. The van der Waals surface area contributed by atoms with Gasteiger partial charge in [0.15, 0.2) is 12.2 Å². The molecule has 0 heterocycles. The normalized spacial score (nSPS) is 14.2. The maximum atomic E-state index is 13.8. The second-order valence-electron chi connectivity index (χ2n) is 23.0. The monoisotopic (exact) mass is 935 g/mol. The predicted molar refractivity (Wildman–Crippen MR) is 274 cm³/mol. The van der Waals surface area contributed by atoms with Crippen molar-refractivity contribution in [2.45, 2.75) is 182 Å². The molecule has 4 aromatic rings. The Kier molecular flexibility index (Phi) is 17.2. The largest absolute Gasteiger partial charge is 0.507 e. The molecule has 1 aliphatic carbocycles. The van der Waals surface area contributed by atoms with Gasteiger partial charge in [-0.2, -0.15) is 0 Å². The van der Waals surface area contributed by atoms with Crippen LogP contribution in [0.5, 0.6) is 23.0 Å². The Bertz CT molecular complexity index is 2160. The number of carbonyl (C=O) groups is 2. The molecule has 0 saturated carbocycles. The summed E-state index contributed by atoms with van der Waals surface area (Å²) < 4.78 is 13.9. The van der Waals surface area contributed by atoms with Crippen LogP contribution in [-0.4, -0.2) is 70.8 Å². The van der Waals surface area contributed by atoms with E-state index >= 15 is 0 Å². The van der Waals surface area contributed by atoms with Crippen LogP contribution in [0.3, 0.4) is 0 Å². The van der Waals surface area contributed by atoms with Crippen molar-refractivity contribution in [3.05, 3.63) is 115 Å². The standard InChI is InChI=1S/C58H82N2O8/c1-15-47(53(65)59-19-17-21-61)67-51-39-23-35-27-43(55(3,4)5)29-37(49(35)63)25-41-33-46(58(12,13)14)34-42(52(41)68-48(16-2)54(66)60-20-18-22-62)26-38-30-44(56(6,7)8)28-36(50(38)64)24-40(51)32-45(31-39)57(9,10)11/h27-34,47-48,61-64H,15-26H2,1-14H3,(H,59,65)(H,60,66). The molecule has 0 fully saturated rings. The summed E-state index contributed by atoms with van der Waals surface area (Å²) in [6.07, 6.45) is 1.02. The van der Waals surface area contributed by atoms with E-state index in [1.54, 1.807) is 0 Å². The topological polar surface area (TPSA) is 158 Å². The molecule has 0 radical (unpaired) electrons. The lowest BCUT2D eigenvalue weighted by atomic mass is 9.79. The summed E-state index contributed by atoms with van der Waals surface area (Å²) in [4.78, 5) is 27.6. The number of hydrogen-bond donors (Lipinski definition) is 6. The molecule has 68 heavy (non-hydrogen) atoms. The third kappa shape index (κ3) is 13.2. The Morgan fingerprint density at radius 2 is 0.706 bits per heavy atom. The van der Waals surface area contributed by atoms with Gasteiger partial charge in [0, 0.05) is 52.0 Å². The van der Waals surface area contributed by atoms with Crippen LogP contribution in [-0.2, 0) is 56.9 Å². The van der Waals surface area contributed by atoms with E-state index < -0.39 is 12.2 Å². The number of rotatable bonds is 14. The van der Waals surface area contributed by atoms with Crippen molar-refractivity contribution in [2.24, 2.45) is 0 Å². The van der Waals surface area contributed by atoms with Gasteiger partial charge in [-0.25, -0.2) is 0 Å². The van der Waals surface area contributed by atoms with Gasteiger partial charge >= 0.3 is 0 Å². The zero-order chi connectivity index (χ0) is 50.5. The lowest BCUT2D eigenvalue weighted by Gasteiger charge is -2.29. The van der Waals surface area contributed by atoms with Crippen LogP contribution < -0.4 is 20.1 Å². The molecular weight excluding hydrogens is 853 g/mol. The Balaban J connectivity index is 1.93. The second kappa shape index (κ2) is 21.7.